The number of para-hydroxylation sites is 1. The predicted octanol–water partition coefficient (Wildman–Crippen LogP) is 2.84. The van der Waals surface area contributed by atoms with Crippen molar-refractivity contribution in [2.75, 3.05) is 7.05 Å². The standard InChI is InChI=1S/C14H13NO2/c1-15-14(16)11-7-9-13(10-8-11)17-12-5-3-2-4-6-12/h2-10H,1H3,(H,15,16)/i7D. The summed E-state index contributed by atoms with van der Waals surface area (Å²) in [6, 6.07) is 14.2. The second-order valence-electron chi connectivity index (χ2n) is 3.43. The summed E-state index contributed by atoms with van der Waals surface area (Å²) in [5.74, 6) is 0.967. The number of hydrogen-bond donors (Lipinski definition) is 1. The van der Waals surface area contributed by atoms with Crippen molar-refractivity contribution >= 4 is 5.91 Å². The molecule has 0 heterocycles. The van der Waals surface area contributed by atoms with E-state index in [-0.39, 0.29) is 11.9 Å². The van der Waals surface area contributed by atoms with E-state index in [1.54, 1.807) is 12.1 Å². The molecule has 0 unspecified atom stereocenters. The first kappa shape index (κ1) is 9.90. The minimum atomic E-state index is -0.272. The van der Waals surface area contributed by atoms with Crippen molar-refractivity contribution in [1.29, 1.82) is 0 Å². The number of carbonyl (C=O) groups excluding carboxylic acids is 1. The van der Waals surface area contributed by atoms with E-state index in [2.05, 4.69) is 5.32 Å². The fraction of sp³-hybridized carbons (Fsp3) is 0.0714. The van der Waals surface area contributed by atoms with Crippen molar-refractivity contribution in [3.63, 3.8) is 0 Å². The van der Waals surface area contributed by atoms with Gasteiger partial charge in [0.05, 0.1) is 1.37 Å². The molecule has 0 spiro atoms. The number of nitrogens with one attached hydrogen (secondary N) is 1. The molecule has 0 radical (unpaired) electrons. The molecule has 0 aliphatic carbocycles. The number of rotatable bonds is 3. The quantitative estimate of drug-likeness (QED) is 0.877. The van der Waals surface area contributed by atoms with Gasteiger partial charge in [0, 0.05) is 12.6 Å². The van der Waals surface area contributed by atoms with Gasteiger partial charge in [0.25, 0.3) is 5.91 Å². The van der Waals surface area contributed by atoms with Crippen LogP contribution in [0.1, 0.15) is 11.7 Å². The highest BCUT2D eigenvalue weighted by Crippen LogP contribution is 2.20. The molecule has 0 aromatic heterocycles. The highest BCUT2D eigenvalue weighted by atomic mass is 16.5. The Morgan fingerprint density at radius 3 is 2.47 bits per heavy atom. The van der Waals surface area contributed by atoms with E-state index in [0.717, 1.165) is 0 Å². The first-order valence-corrected chi connectivity index (χ1v) is 5.26. The van der Waals surface area contributed by atoms with Crippen LogP contribution in [-0.2, 0) is 0 Å². The Hall–Kier alpha value is -2.29. The molecule has 0 bridgehead atoms. The molecule has 17 heavy (non-hydrogen) atoms. The maximum Gasteiger partial charge on any atom is 0.251 e. The lowest BCUT2D eigenvalue weighted by atomic mass is 10.2. The fourth-order valence-corrected chi connectivity index (χ4v) is 1.37. The smallest absolute Gasteiger partial charge is 0.251 e. The van der Waals surface area contributed by atoms with Crippen molar-refractivity contribution in [1.82, 2.24) is 5.32 Å². The topological polar surface area (TPSA) is 38.3 Å². The van der Waals surface area contributed by atoms with Gasteiger partial charge in [0.2, 0.25) is 0 Å². The number of amides is 1. The van der Waals surface area contributed by atoms with Gasteiger partial charge in [-0.25, -0.2) is 0 Å². The zero-order valence-electron chi connectivity index (χ0n) is 10.4. The van der Waals surface area contributed by atoms with Crippen LogP contribution >= 0.6 is 0 Å². The monoisotopic (exact) mass is 228 g/mol. The second-order valence-corrected chi connectivity index (χ2v) is 3.43. The normalized spacial score (nSPS) is 10.5. The Morgan fingerprint density at radius 2 is 1.82 bits per heavy atom. The van der Waals surface area contributed by atoms with E-state index in [4.69, 9.17) is 6.11 Å². The van der Waals surface area contributed by atoms with Crippen LogP contribution < -0.4 is 10.1 Å². The zero-order chi connectivity index (χ0) is 13.0. The minimum Gasteiger partial charge on any atom is -0.457 e. The van der Waals surface area contributed by atoms with Gasteiger partial charge in [0.1, 0.15) is 11.5 Å². The van der Waals surface area contributed by atoms with Crippen molar-refractivity contribution in [3.8, 4) is 11.5 Å². The first-order valence-electron chi connectivity index (χ1n) is 5.76. The van der Waals surface area contributed by atoms with E-state index in [1.807, 2.05) is 30.3 Å². The molecule has 2 aromatic carbocycles. The summed E-state index contributed by atoms with van der Waals surface area (Å²) in [6.45, 7) is 0. The summed E-state index contributed by atoms with van der Waals surface area (Å²) < 4.78 is 13.3. The SMILES string of the molecule is [2H]c1cc(Oc2ccccc2)ccc1C(=O)NC. The third-order valence-electron chi connectivity index (χ3n) is 2.23. The summed E-state index contributed by atoms with van der Waals surface area (Å²) in [6.07, 6.45) is 0. The van der Waals surface area contributed by atoms with Gasteiger partial charge in [-0.1, -0.05) is 18.2 Å². The number of carbonyl (C=O) groups is 1. The average molecular weight is 228 g/mol. The van der Waals surface area contributed by atoms with Crippen LogP contribution in [0.15, 0.2) is 54.6 Å². The van der Waals surface area contributed by atoms with Crippen molar-refractivity contribution in [2.24, 2.45) is 0 Å². The summed E-state index contributed by atoms with van der Waals surface area (Å²) in [7, 11) is 1.54. The van der Waals surface area contributed by atoms with Crippen LogP contribution in [-0.4, -0.2) is 13.0 Å². The van der Waals surface area contributed by atoms with E-state index in [0.29, 0.717) is 17.1 Å². The summed E-state index contributed by atoms with van der Waals surface area (Å²) in [5, 5.41) is 2.49. The number of hydrogen-bond acceptors (Lipinski definition) is 2. The van der Waals surface area contributed by atoms with Crippen molar-refractivity contribution < 1.29 is 10.9 Å². The summed E-state index contributed by atoms with van der Waals surface area (Å²) in [5.41, 5.74) is 0.331. The lowest BCUT2D eigenvalue weighted by molar-refractivity contribution is 0.0963. The summed E-state index contributed by atoms with van der Waals surface area (Å²) >= 11 is 0. The molecule has 0 fully saturated rings. The van der Waals surface area contributed by atoms with E-state index in [1.165, 1.54) is 13.1 Å². The number of benzene rings is 2. The maximum atomic E-state index is 11.4. The molecule has 1 amide bonds. The molecule has 3 nitrogen and oxygen atoms in total. The molecular formula is C14H13NO2. The highest BCUT2D eigenvalue weighted by molar-refractivity contribution is 5.94. The Kier molecular flexibility index (Phi) is 3.01. The van der Waals surface area contributed by atoms with Gasteiger partial charge in [-0.2, -0.15) is 0 Å². The molecule has 2 aromatic rings. The van der Waals surface area contributed by atoms with E-state index < -0.39 is 0 Å². The van der Waals surface area contributed by atoms with Crippen LogP contribution in [0, 0.1) is 0 Å². The third-order valence-corrected chi connectivity index (χ3v) is 2.23. The molecule has 0 aliphatic rings. The van der Waals surface area contributed by atoms with E-state index in [9.17, 15) is 4.79 Å². The average Bonchev–Trinajstić information content (AvgIpc) is 2.39. The van der Waals surface area contributed by atoms with Crippen LogP contribution in [0.3, 0.4) is 0 Å². The highest BCUT2D eigenvalue weighted by Gasteiger charge is 2.02. The maximum absolute atomic E-state index is 11.4. The van der Waals surface area contributed by atoms with E-state index >= 15 is 0 Å². The van der Waals surface area contributed by atoms with Gasteiger partial charge >= 0.3 is 0 Å². The predicted molar refractivity (Wildman–Crippen MR) is 66.3 cm³/mol. The first-order chi connectivity index (χ1) is 8.70. The molecule has 0 saturated carbocycles. The van der Waals surface area contributed by atoms with Crippen LogP contribution in [0.25, 0.3) is 0 Å². The minimum absolute atomic E-state index is 0.141. The van der Waals surface area contributed by atoms with Crippen LogP contribution in [0.4, 0.5) is 0 Å². The van der Waals surface area contributed by atoms with Gasteiger partial charge in [-0.05, 0) is 36.4 Å². The molecule has 0 aliphatic heterocycles. The molecule has 2 rings (SSSR count). The fourth-order valence-electron chi connectivity index (χ4n) is 1.37. The van der Waals surface area contributed by atoms with Gasteiger partial charge in [0.15, 0.2) is 0 Å². The van der Waals surface area contributed by atoms with Crippen molar-refractivity contribution in [2.45, 2.75) is 0 Å². The molecule has 3 heteroatoms. The molecule has 0 saturated heterocycles. The van der Waals surface area contributed by atoms with Gasteiger partial charge in [-0.15, -0.1) is 0 Å². The Morgan fingerprint density at radius 1 is 1.12 bits per heavy atom. The lowest BCUT2D eigenvalue weighted by Crippen LogP contribution is -2.17. The Bertz CT molecular complexity index is 555. The largest absolute Gasteiger partial charge is 0.457 e. The molecule has 1 N–H and O–H groups in total. The molecule has 0 atom stereocenters. The second kappa shape index (κ2) is 5.16. The summed E-state index contributed by atoms with van der Waals surface area (Å²) in [4.78, 5) is 11.4. The molecular weight excluding hydrogens is 214 g/mol. The number of ether oxygens (including phenoxy) is 1. The lowest BCUT2D eigenvalue weighted by Gasteiger charge is -2.06. The van der Waals surface area contributed by atoms with Gasteiger partial charge < -0.3 is 10.1 Å². The van der Waals surface area contributed by atoms with Crippen molar-refractivity contribution in [3.05, 3.63) is 60.1 Å². The zero-order valence-corrected chi connectivity index (χ0v) is 9.44. The Balaban J connectivity index is 2.22. The molecule has 86 valence electrons. The third kappa shape index (κ3) is 2.84. The van der Waals surface area contributed by atoms with Gasteiger partial charge in [-0.3, -0.25) is 4.79 Å². The van der Waals surface area contributed by atoms with Crippen LogP contribution in [0.5, 0.6) is 11.5 Å². The Labute approximate surface area is 101 Å². The van der Waals surface area contributed by atoms with Crippen LogP contribution in [0.2, 0.25) is 0 Å².